The maximum atomic E-state index is 6.30. The van der Waals surface area contributed by atoms with Crippen LogP contribution in [-0.4, -0.2) is 24.9 Å². The summed E-state index contributed by atoms with van der Waals surface area (Å²) in [6, 6.07) is 15.0. The van der Waals surface area contributed by atoms with Crippen LogP contribution in [0.15, 0.2) is 55.1 Å². The van der Waals surface area contributed by atoms with Crippen molar-refractivity contribution < 1.29 is 14.2 Å². The maximum Gasteiger partial charge on any atom is 0.132 e. The monoisotopic (exact) mass is 423 g/mol. The van der Waals surface area contributed by atoms with Crippen molar-refractivity contribution in [3.8, 4) is 5.75 Å². The van der Waals surface area contributed by atoms with Crippen molar-refractivity contribution in [2.24, 2.45) is 0 Å². The third-order valence-electron chi connectivity index (χ3n) is 5.71. The molecule has 0 saturated heterocycles. The summed E-state index contributed by atoms with van der Waals surface area (Å²) in [4.78, 5) is 0. The summed E-state index contributed by atoms with van der Waals surface area (Å²) in [5.74, 6) is 0.849. The Morgan fingerprint density at radius 2 is 1.81 bits per heavy atom. The predicted octanol–water partition coefficient (Wildman–Crippen LogP) is 6.42. The first-order chi connectivity index (χ1) is 14.7. The van der Waals surface area contributed by atoms with Crippen molar-refractivity contribution in [2.75, 3.05) is 18.5 Å². The van der Waals surface area contributed by atoms with Crippen molar-refractivity contribution in [3.63, 3.8) is 0 Å². The van der Waals surface area contributed by atoms with Gasteiger partial charge < -0.3 is 19.5 Å². The Morgan fingerprint density at radius 1 is 1.10 bits per heavy atom. The van der Waals surface area contributed by atoms with E-state index in [9.17, 15) is 0 Å². The Labute approximate surface area is 187 Å². The lowest BCUT2D eigenvalue weighted by molar-refractivity contribution is -0.155. The number of hydrogen-bond donors (Lipinski definition) is 1. The highest BCUT2D eigenvalue weighted by molar-refractivity contribution is 5.54. The summed E-state index contributed by atoms with van der Waals surface area (Å²) in [5.41, 5.74) is 4.31. The standard InChI is InChI=1S/C27H37NO3/c1-8-16-30-25-24(29-9-2)22-17-21(14-15-23(22)31-27(25,6)7)28-18-19-10-12-20(13-11-19)26(3,4)5/h8,10-15,17,24-25,28H,1,9,16,18H2,2-7H3. The second-order valence-corrected chi connectivity index (χ2v) is 9.68. The van der Waals surface area contributed by atoms with Crippen LogP contribution in [0.3, 0.4) is 0 Å². The van der Waals surface area contributed by atoms with Crippen molar-refractivity contribution in [2.45, 2.75) is 71.3 Å². The molecule has 1 aliphatic heterocycles. The molecule has 0 fully saturated rings. The molecule has 1 aliphatic rings. The normalized spacial score (nSPS) is 19.9. The lowest BCUT2D eigenvalue weighted by Gasteiger charge is -2.44. The van der Waals surface area contributed by atoms with Gasteiger partial charge in [0.05, 0.1) is 6.61 Å². The van der Waals surface area contributed by atoms with E-state index in [1.54, 1.807) is 6.08 Å². The molecule has 0 aliphatic carbocycles. The fourth-order valence-corrected chi connectivity index (χ4v) is 3.99. The van der Waals surface area contributed by atoms with E-state index in [0.717, 1.165) is 23.5 Å². The van der Waals surface area contributed by atoms with Gasteiger partial charge in [0, 0.05) is 24.4 Å². The lowest BCUT2D eigenvalue weighted by atomic mass is 9.87. The third-order valence-corrected chi connectivity index (χ3v) is 5.71. The number of rotatable bonds is 8. The van der Waals surface area contributed by atoms with Gasteiger partial charge in [0.2, 0.25) is 0 Å². The van der Waals surface area contributed by atoms with Gasteiger partial charge in [0.25, 0.3) is 0 Å². The minimum Gasteiger partial charge on any atom is -0.485 e. The minimum atomic E-state index is -0.500. The Morgan fingerprint density at radius 3 is 2.42 bits per heavy atom. The van der Waals surface area contributed by atoms with Crippen molar-refractivity contribution >= 4 is 5.69 Å². The van der Waals surface area contributed by atoms with Gasteiger partial charge in [-0.2, -0.15) is 0 Å². The number of anilines is 1. The largest absolute Gasteiger partial charge is 0.485 e. The molecule has 1 heterocycles. The number of benzene rings is 2. The molecule has 0 bridgehead atoms. The second-order valence-electron chi connectivity index (χ2n) is 9.68. The molecule has 2 aromatic carbocycles. The van der Waals surface area contributed by atoms with Crippen LogP contribution in [-0.2, 0) is 21.4 Å². The quantitative estimate of drug-likeness (QED) is 0.498. The molecule has 0 radical (unpaired) electrons. The molecule has 2 unspecified atom stereocenters. The van der Waals surface area contributed by atoms with Crippen molar-refractivity contribution in [1.82, 2.24) is 0 Å². The van der Waals surface area contributed by atoms with E-state index >= 15 is 0 Å². The molecule has 4 heteroatoms. The lowest BCUT2D eigenvalue weighted by Crippen LogP contribution is -2.51. The van der Waals surface area contributed by atoms with Crippen LogP contribution in [0.4, 0.5) is 5.69 Å². The van der Waals surface area contributed by atoms with Gasteiger partial charge in [-0.1, -0.05) is 51.1 Å². The summed E-state index contributed by atoms with van der Waals surface area (Å²) in [5, 5.41) is 3.54. The van der Waals surface area contributed by atoms with Gasteiger partial charge in [0.15, 0.2) is 0 Å². The van der Waals surface area contributed by atoms with Crippen LogP contribution < -0.4 is 10.1 Å². The Bertz CT molecular complexity index is 880. The number of ether oxygens (including phenoxy) is 3. The Hall–Kier alpha value is -2.30. The number of fused-ring (bicyclic) bond motifs is 1. The Balaban J connectivity index is 1.79. The van der Waals surface area contributed by atoms with Crippen LogP contribution in [0.1, 0.15) is 64.3 Å². The average Bonchev–Trinajstić information content (AvgIpc) is 2.71. The van der Waals surface area contributed by atoms with Gasteiger partial charge in [-0.3, -0.25) is 0 Å². The van der Waals surface area contributed by atoms with E-state index < -0.39 is 5.60 Å². The molecule has 3 rings (SSSR count). The van der Waals surface area contributed by atoms with E-state index in [0.29, 0.717) is 13.2 Å². The molecule has 0 amide bonds. The van der Waals surface area contributed by atoms with Gasteiger partial charge in [-0.15, -0.1) is 6.58 Å². The fourth-order valence-electron chi connectivity index (χ4n) is 3.99. The van der Waals surface area contributed by atoms with Crippen molar-refractivity contribution in [1.29, 1.82) is 0 Å². The highest BCUT2D eigenvalue weighted by atomic mass is 16.6. The van der Waals surface area contributed by atoms with Crippen LogP contribution >= 0.6 is 0 Å². The van der Waals surface area contributed by atoms with E-state index in [-0.39, 0.29) is 17.6 Å². The van der Waals surface area contributed by atoms with E-state index in [1.807, 2.05) is 26.8 Å². The molecule has 2 aromatic rings. The molecular formula is C27H37NO3. The van der Waals surface area contributed by atoms with Crippen LogP contribution in [0, 0.1) is 0 Å². The number of nitrogens with one attached hydrogen (secondary N) is 1. The van der Waals surface area contributed by atoms with Crippen LogP contribution in [0.25, 0.3) is 0 Å². The molecular weight excluding hydrogens is 386 g/mol. The first-order valence-corrected chi connectivity index (χ1v) is 11.2. The second kappa shape index (κ2) is 9.46. The number of hydrogen-bond acceptors (Lipinski definition) is 4. The van der Waals surface area contributed by atoms with Gasteiger partial charge >= 0.3 is 0 Å². The van der Waals surface area contributed by atoms with E-state index in [2.05, 4.69) is 69.1 Å². The molecule has 0 spiro atoms. The Kier molecular flexibility index (Phi) is 7.13. The SMILES string of the molecule is C=CCOC1C(OCC)c2cc(NCc3ccc(C(C)(C)C)cc3)ccc2OC1(C)C. The fraction of sp³-hybridized carbons (Fsp3) is 0.481. The summed E-state index contributed by atoms with van der Waals surface area (Å²) >= 11 is 0. The molecule has 4 nitrogen and oxygen atoms in total. The summed E-state index contributed by atoms with van der Waals surface area (Å²) in [6.07, 6.45) is 1.34. The summed E-state index contributed by atoms with van der Waals surface area (Å²) in [6.45, 7) is 18.4. The highest BCUT2D eigenvalue weighted by Gasteiger charge is 2.45. The van der Waals surface area contributed by atoms with Gasteiger partial charge in [-0.05, 0) is 55.5 Å². The summed E-state index contributed by atoms with van der Waals surface area (Å²) < 4.78 is 18.5. The predicted molar refractivity (Wildman–Crippen MR) is 128 cm³/mol. The first-order valence-electron chi connectivity index (χ1n) is 11.2. The summed E-state index contributed by atoms with van der Waals surface area (Å²) in [7, 11) is 0. The topological polar surface area (TPSA) is 39.7 Å². The van der Waals surface area contributed by atoms with Gasteiger partial charge in [0.1, 0.15) is 23.6 Å². The smallest absolute Gasteiger partial charge is 0.132 e. The highest BCUT2D eigenvalue weighted by Crippen LogP contribution is 2.44. The average molecular weight is 424 g/mol. The zero-order chi connectivity index (χ0) is 22.6. The van der Waals surface area contributed by atoms with Crippen LogP contribution in [0.5, 0.6) is 5.75 Å². The zero-order valence-electron chi connectivity index (χ0n) is 19.8. The first kappa shape index (κ1) is 23.4. The third kappa shape index (κ3) is 5.50. The molecule has 0 aromatic heterocycles. The van der Waals surface area contributed by atoms with Crippen LogP contribution in [0.2, 0.25) is 0 Å². The maximum absolute atomic E-state index is 6.30. The van der Waals surface area contributed by atoms with E-state index in [4.69, 9.17) is 14.2 Å². The molecule has 1 N–H and O–H groups in total. The van der Waals surface area contributed by atoms with Gasteiger partial charge in [-0.25, -0.2) is 0 Å². The molecule has 0 saturated carbocycles. The molecule has 31 heavy (non-hydrogen) atoms. The zero-order valence-corrected chi connectivity index (χ0v) is 19.8. The van der Waals surface area contributed by atoms with Crippen molar-refractivity contribution in [3.05, 3.63) is 71.8 Å². The molecule has 168 valence electrons. The molecule has 2 atom stereocenters. The minimum absolute atomic E-state index is 0.163. The van der Waals surface area contributed by atoms with E-state index in [1.165, 1.54) is 11.1 Å².